The van der Waals surface area contributed by atoms with Crippen molar-refractivity contribution in [3.05, 3.63) is 29.3 Å². The maximum Gasteiger partial charge on any atom is 0.417 e. The molecule has 3 N–H and O–H groups in total. The van der Waals surface area contributed by atoms with Crippen LogP contribution in [0.15, 0.2) is 18.2 Å². The third-order valence-electron chi connectivity index (χ3n) is 3.48. The summed E-state index contributed by atoms with van der Waals surface area (Å²) in [6.45, 7) is 2.86. The highest BCUT2D eigenvalue weighted by molar-refractivity contribution is 5.97. The smallest absolute Gasteiger partial charge is 0.384 e. The van der Waals surface area contributed by atoms with Gasteiger partial charge in [0.05, 0.1) is 5.56 Å². The maximum absolute atomic E-state index is 12.8. The number of nitrogens with one attached hydrogen (secondary N) is 1. The predicted octanol–water partition coefficient (Wildman–Crippen LogP) is 2.98. The van der Waals surface area contributed by atoms with Crippen molar-refractivity contribution in [3.63, 3.8) is 0 Å². The van der Waals surface area contributed by atoms with E-state index in [1.54, 1.807) is 0 Å². The van der Waals surface area contributed by atoms with Gasteiger partial charge in [-0.15, -0.1) is 0 Å². The topological polar surface area (TPSA) is 53.1 Å². The Morgan fingerprint density at radius 1 is 1.42 bits per heavy atom. The van der Waals surface area contributed by atoms with Crippen molar-refractivity contribution in [3.8, 4) is 0 Å². The lowest BCUT2D eigenvalue weighted by Crippen LogP contribution is -2.27. The van der Waals surface area contributed by atoms with E-state index in [1.807, 2.05) is 11.8 Å². The number of nitrogen functional groups attached to an aromatic ring is 1. The molecule has 1 heterocycles. The van der Waals surface area contributed by atoms with Gasteiger partial charge in [0, 0.05) is 23.8 Å². The molecule has 0 aromatic heterocycles. The highest BCUT2D eigenvalue weighted by Crippen LogP contribution is 2.35. The highest BCUT2D eigenvalue weighted by Gasteiger charge is 2.34. The minimum Gasteiger partial charge on any atom is -0.384 e. The summed E-state index contributed by atoms with van der Waals surface area (Å²) in [5.41, 5.74) is 4.88. The van der Waals surface area contributed by atoms with E-state index in [-0.39, 0.29) is 5.56 Å². The number of hydrogen-bond donors (Lipinski definition) is 2. The molecule has 1 saturated heterocycles. The van der Waals surface area contributed by atoms with Crippen LogP contribution in [0.25, 0.3) is 0 Å². The molecule has 1 aliphatic rings. The molecule has 1 aromatic rings. The van der Waals surface area contributed by atoms with Gasteiger partial charge in [0.2, 0.25) is 0 Å². The molecule has 6 heteroatoms. The summed E-state index contributed by atoms with van der Waals surface area (Å²) in [6.07, 6.45) is -2.44. The quantitative estimate of drug-likeness (QED) is 0.642. The SMILES string of the molecule is CC1CCCN1c1ccc(C(F)(F)F)c(C(=N)N)c1. The Bertz CT molecular complexity index is 496. The van der Waals surface area contributed by atoms with Gasteiger partial charge in [0.15, 0.2) is 0 Å². The number of rotatable bonds is 2. The molecule has 0 radical (unpaired) electrons. The number of hydrogen-bond acceptors (Lipinski definition) is 2. The first-order valence-corrected chi connectivity index (χ1v) is 6.13. The van der Waals surface area contributed by atoms with Crippen LogP contribution in [0.4, 0.5) is 18.9 Å². The van der Waals surface area contributed by atoms with E-state index >= 15 is 0 Å². The van der Waals surface area contributed by atoms with Gasteiger partial charge in [-0.05, 0) is 38.0 Å². The second-order valence-electron chi connectivity index (χ2n) is 4.83. The monoisotopic (exact) mass is 271 g/mol. The van der Waals surface area contributed by atoms with E-state index in [2.05, 4.69) is 0 Å². The Balaban J connectivity index is 2.45. The van der Waals surface area contributed by atoms with E-state index in [1.165, 1.54) is 12.1 Å². The standard InChI is InChI=1S/C13H16F3N3/c1-8-3-2-6-19(8)9-4-5-11(13(14,15)16)10(7-9)12(17)18/h4-5,7-8H,2-3,6H2,1H3,(H3,17,18). The van der Waals surface area contributed by atoms with Crippen molar-refractivity contribution in [1.82, 2.24) is 0 Å². The fourth-order valence-electron chi connectivity index (χ4n) is 2.50. The number of anilines is 1. The molecular weight excluding hydrogens is 255 g/mol. The number of halogens is 3. The summed E-state index contributed by atoms with van der Waals surface area (Å²) >= 11 is 0. The number of amidine groups is 1. The summed E-state index contributed by atoms with van der Waals surface area (Å²) in [5, 5.41) is 7.33. The largest absolute Gasteiger partial charge is 0.417 e. The van der Waals surface area contributed by atoms with Crippen LogP contribution in [-0.4, -0.2) is 18.4 Å². The molecule has 3 nitrogen and oxygen atoms in total. The van der Waals surface area contributed by atoms with Crippen molar-refractivity contribution in [2.45, 2.75) is 32.0 Å². The first-order chi connectivity index (χ1) is 8.80. The van der Waals surface area contributed by atoms with Gasteiger partial charge in [-0.2, -0.15) is 13.2 Å². The van der Waals surface area contributed by atoms with Gasteiger partial charge in [0.1, 0.15) is 5.84 Å². The summed E-state index contributed by atoms with van der Waals surface area (Å²) in [6, 6.07) is 4.14. The van der Waals surface area contributed by atoms with Crippen LogP contribution in [0, 0.1) is 5.41 Å². The van der Waals surface area contributed by atoms with Crippen LogP contribution >= 0.6 is 0 Å². The summed E-state index contributed by atoms with van der Waals surface area (Å²) in [7, 11) is 0. The lowest BCUT2D eigenvalue weighted by Gasteiger charge is -2.25. The lowest BCUT2D eigenvalue weighted by molar-refractivity contribution is -0.137. The molecule has 1 aliphatic heterocycles. The van der Waals surface area contributed by atoms with Crippen LogP contribution in [0.2, 0.25) is 0 Å². The van der Waals surface area contributed by atoms with Gasteiger partial charge in [-0.1, -0.05) is 0 Å². The predicted molar refractivity (Wildman–Crippen MR) is 68.5 cm³/mol. The normalized spacial score (nSPS) is 19.8. The average molecular weight is 271 g/mol. The Morgan fingerprint density at radius 3 is 2.58 bits per heavy atom. The zero-order valence-electron chi connectivity index (χ0n) is 10.6. The molecule has 0 bridgehead atoms. The van der Waals surface area contributed by atoms with Gasteiger partial charge < -0.3 is 10.6 Å². The molecule has 0 saturated carbocycles. The number of benzene rings is 1. The summed E-state index contributed by atoms with van der Waals surface area (Å²) in [5.74, 6) is -0.555. The molecule has 1 fully saturated rings. The molecular formula is C13H16F3N3. The van der Waals surface area contributed by atoms with Gasteiger partial charge in [-0.25, -0.2) is 0 Å². The summed E-state index contributed by atoms with van der Waals surface area (Å²) in [4.78, 5) is 2.05. The van der Waals surface area contributed by atoms with Crippen molar-refractivity contribution in [2.24, 2.45) is 5.73 Å². The van der Waals surface area contributed by atoms with E-state index in [4.69, 9.17) is 11.1 Å². The first kappa shape index (κ1) is 13.7. The van der Waals surface area contributed by atoms with Crippen molar-refractivity contribution < 1.29 is 13.2 Å². The second-order valence-corrected chi connectivity index (χ2v) is 4.83. The zero-order chi connectivity index (χ0) is 14.2. The van der Waals surface area contributed by atoms with Crippen molar-refractivity contribution >= 4 is 11.5 Å². The van der Waals surface area contributed by atoms with Crippen molar-refractivity contribution in [2.75, 3.05) is 11.4 Å². The number of nitrogens with two attached hydrogens (primary N) is 1. The van der Waals surface area contributed by atoms with Gasteiger partial charge >= 0.3 is 6.18 Å². The van der Waals surface area contributed by atoms with Crippen LogP contribution in [0.3, 0.4) is 0 Å². The minimum absolute atomic E-state index is 0.246. The third kappa shape index (κ3) is 2.67. The maximum atomic E-state index is 12.8. The molecule has 0 spiro atoms. The van der Waals surface area contributed by atoms with Gasteiger partial charge in [0.25, 0.3) is 0 Å². The van der Waals surface area contributed by atoms with Crippen LogP contribution < -0.4 is 10.6 Å². The van der Waals surface area contributed by atoms with Crippen LogP contribution in [0.5, 0.6) is 0 Å². The second kappa shape index (κ2) is 4.75. The Kier molecular flexibility index (Phi) is 3.43. The molecule has 104 valence electrons. The third-order valence-corrected chi connectivity index (χ3v) is 3.48. The molecule has 19 heavy (non-hydrogen) atoms. The minimum atomic E-state index is -4.49. The van der Waals surface area contributed by atoms with E-state index in [0.29, 0.717) is 11.7 Å². The number of alkyl halides is 3. The molecule has 1 unspecified atom stereocenters. The fourth-order valence-corrected chi connectivity index (χ4v) is 2.50. The van der Waals surface area contributed by atoms with E-state index in [9.17, 15) is 13.2 Å². The zero-order valence-corrected chi connectivity index (χ0v) is 10.6. The Hall–Kier alpha value is -1.72. The Morgan fingerprint density at radius 2 is 2.11 bits per heavy atom. The molecule has 0 aliphatic carbocycles. The van der Waals surface area contributed by atoms with Crippen LogP contribution in [-0.2, 0) is 6.18 Å². The van der Waals surface area contributed by atoms with E-state index < -0.39 is 17.6 Å². The highest BCUT2D eigenvalue weighted by atomic mass is 19.4. The lowest BCUT2D eigenvalue weighted by atomic mass is 10.0. The Labute approximate surface area is 109 Å². The van der Waals surface area contributed by atoms with Crippen LogP contribution in [0.1, 0.15) is 30.9 Å². The molecule has 1 aromatic carbocycles. The van der Waals surface area contributed by atoms with Gasteiger partial charge in [-0.3, -0.25) is 5.41 Å². The molecule has 0 amide bonds. The van der Waals surface area contributed by atoms with E-state index in [0.717, 1.165) is 25.5 Å². The van der Waals surface area contributed by atoms with Crippen molar-refractivity contribution in [1.29, 1.82) is 5.41 Å². The first-order valence-electron chi connectivity index (χ1n) is 6.13. The fraction of sp³-hybridized carbons (Fsp3) is 0.462. The molecule has 1 atom stereocenters. The summed E-state index contributed by atoms with van der Waals surface area (Å²) < 4.78 is 38.5. The number of nitrogens with zero attached hydrogens (tertiary/aromatic N) is 1. The molecule has 2 rings (SSSR count). The average Bonchev–Trinajstić information content (AvgIpc) is 2.73.